The van der Waals surface area contributed by atoms with Crippen molar-refractivity contribution in [1.29, 1.82) is 0 Å². The fourth-order valence-corrected chi connectivity index (χ4v) is 0. The first-order chi connectivity index (χ1) is 1.00. The van der Waals surface area contributed by atoms with Gasteiger partial charge in [0.05, 0.1) is 0 Å². The summed E-state index contributed by atoms with van der Waals surface area (Å²) < 4.78 is 0. The summed E-state index contributed by atoms with van der Waals surface area (Å²) in [6, 6.07) is 0. The van der Waals surface area contributed by atoms with E-state index in [4.69, 9.17) is 0 Å². The van der Waals surface area contributed by atoms with Crippen LogP contribution in [-0.4, -0.2) is 0 Å². The molecule has 0 atom stereocenters. The quantitative estimate of drug-likeness (QED) is 0.489. The maximum Gasteiger partial charge on any atom is -0.124 e. The molecule has 0 nitrogen and oxygen atoms in total. The van der Waals surface area contributed by atoms with Gasteiger partial charge >= 0.3 is 0 Å². The largest absolute Gasteiger partial charge is 0.147 e. The van der Waals surface area contributed by atoms with E-state index < -0.39 is 0 Å². The molecule has 0 unspecified atom stereocenters. The molecule has 0 N–H and O–H groups in total. The summed E-state index contributed by atoms with van der Waals surface area (Å²) >= 11 is 0. The maximum absolute atomic E-state index is 4.00. The molecular weight excluding hydrogens is 166 g/mol. The first-order valence-corrected chi connectivity index (χ1v) is 0.333. The Hall–Kier alpha value is 0.720. The van der Waals surface area contributed by atoms with Gasteiger partial charge in [-0.3, -0.25) is 0 Å². The molecule has 0 aliphatic rings. The Morgan fingerprint density at radius 3 is 0.500 bits per heavy atom. The second kappa shape index (κ2) is 246. The highest BCUT2D eigenvalue weighted by Gasteiger charge is 0.454. The van der Waals surface area contributed by atoms with E-state index in [9.17, 15) is 0 Å². The summed E-state index contributed by atoms with van der Waals surface area (Å²) in [5.41, 5.74) is 0. The fourth-order valence-electron chi connectivity index (χ4n) is 0. The average molecular weight is 172 g/mol. The van der Waals surface area contributed by atoms with E-state index in [0.29, 0.717) is 0 Å². The van der Waals surface area contributed by atoms with Crippen LogP contribution in [0.25, 0.3) is 0 Å². The summed E-state index contributed by atoms with van der Waals surface area (Å²) in [6.07, 6.45) is 8.00. The summed E-state index contributed by atoms with van der Waals surface area (Å²) in [5.74, 6) is 0. The third-order valence-corrected chi connectivity index (χ3v) is 0. The molecule has 0 aromatic heterocycles. The minimum Gasteiger partial charge on any atom is -0.147 e. The predicted octanol–water partition coefficient (Wildman–Crippen LogP) is 1.94. The zero-order valence-electron chi connectivity index (χ0n) is 2.79. The van der Waals surface area contributed by atoms with Gasteiger partial charge in [0.25, 0.3) is 0 Å². The smallest absolute Gasteiger partial charge is 0.124 e. The number of hydrogen-bond donors (Lipinski definition) is 0. The Balaban J connectivity index is -0.000000000833. The van der Waals surface area contributed by atoms with Gasteiger partial charge in [-0.2, -0.15) is 0 Å². The molecular formula is C2H6Cl4. The highest BCUT2D eigenvalue weighted by molar-refractivity contribution is 5.86. The molecule has 0 radical (unpaired) electrons. The van der Waals surface area contributed by atoms with Crippen LogP contribution in [0.1, 0.15) is 0 Å². The molecule has 0 spiro atoms. The second-order valence-corrected chi connectivity index (χ2v) is 0. The van der Waals surface area contributed by atoms with Crippen molar-refractivity contribution in [2.45, 2.75) is 0 Å². The molecule has 0 fully saturated rings. The highest BCUT2D eigenvalue weighted by Crippen LogP contribution is 0.693. The lowest BCUT2D eigenvalue weighted by Gasteiger charge is -0.701. The van der Waals surface area contributed by atoms with E-state index in [0.717, 1.165) is 0 Å². The lowest BCUT2D eigenvalue weighted by Crippen LogP contribution is -0.576. The van der Waals surface area contributed by atoms with Crippen molar-refractivity contribution >= 4 is 49.6 Å². The molecule has 0 aromatic rings. The van der Waals surface area contributed by atoms with E-state index in [1.165, 1.54) is 0 Å². The van der Waals surface area contributed by atoms with E-state index in [2.05, 4.69) is 12.8 Å². The van der Waals surface area contributed by atoms with Gasteiger partial charge in [-0.1, -0.05) is 0 Å². The Morgan fingerprint density at radius 2 is 0.500 bits per heavy atom. The van der Waals surface area contributed by atoms with E-state index in [1.807, 2.05) is 0 Å². The van der Waals surface area contributed by atoms with Crippen LogP contribution in [0.3, 0.4) is 0 Å². The van der Waals surface area contributed by atoms with Crippen LogP contribution in [0.15, 0.2) is 0 Å². The average Bonchev–Trinajstić information content (AvgIpc) is 1.00. The van der Waals surface area contributed by atoms with Crippen molar-refractivity contribution in [1.82, 2.24) is 0 Å². The van der Waals surface area contributed by atoms with Crippen LogP contribution in [-0.2, 0) is 0 Å². The van der Waals surface area contributed by atoms with Crippen LogP contribution in [0.2, 0.25) is 0 Å². The standard InChI is InChI=1S/C2H2.4ClH/c1-2;;;;/h1-2H;4*1H. The molecule has 0 saturated carbocycles. The van der Waals surface area contributed by atoms with Crippen molar-refractivity contribution < 1.29 is 0 Å². The van der Waals surface area contributed by atoms with Crippen molar-refractivity contribution in [3.05, 3.63) is 0 Å². The zero-order valence-corrected chi connectivity index (χ0v) is 6.05. The van der Waals surface area contributed by atoms with Crippen LogP contribution in [0.4, 0.5) is 0 Å². The first-order valence-electron chi connectivity index (χ1n) is 0.333. The van der Waals surface area contributed by atoms with Gasteiger partial charge in [0.2, 0.25) is 0 Å². The Kier molecular flexibility index (Phi) is 3040. The summed E-state index contributed by atoms with van der Waals surface area (Å²) in [6.45, 7) is 0. The lowest BCUT2D eigenvalue weighted by atomic mass is 11.4. The molecule has 0 heterocycles. The molecule has 0 bridgehead atoms. The molecule has 6 heavy (non-hydrogen) atoms. The number of halogens is 4. The third kappa shape index (κ3) is 126. The van der Waals surface area contributed by atoms with Gasteiger partial charge in [-0.05, 0) is 0 Å². The van der Waals surface area contributed by atoms with E-state index in [1.54, 1.807) is 0 Å². The van der Waals surface area contributed by atoms with Crippen LogP contribution >= 0.6 is 49.6 Å². The predicted molar refractivity (Wildman–Crippen MR) is 38.9 cm³/mol. The van der Waals surface area contributed by atoms with E-state index >= 15 is 0 Å². The molecule has 0 aromatic carbocycles. The summed E-state index contributed by atoms with van der Waals surface area (Å²) in [5, 5.41) is 0. The minimum atomic E-state index is 0. The normalized spacial score (nSPS) is 0.333. The Labute approximate surface area is 62.7 Å². The van der Waals surface area contributed by atoms with Crippen molar-refractivity contribution in [3.8, 4) is 12.8 Å². The second-order valence-electron chi connectivity index (χ2n) is 0. The Morgan fingerprint density at radius 1 is 0.500 bits per heavy atom. The van der Waals surface area contributed by atoms with Gasteiger partial charge < -0.3 is 0 Å². The van der Waals surface area contributed by atoms with Crippen molar-refractivity contribution in [2.24, 2.45) is 0 Å². The Bertz CT molecular complexity index is 10.3. The van der Waals surface area contributed by atoms with Crippen LogP contribution in [0, 0.1) is 12.8 Å². The minimum absolute atomic E-state index is 0. The van der Waals surface area contributed by atoms with Crippen LogP contribution < -0.4 is 0 Å². The third-order valence-electron chi connectivity index (χ3n) is 0. The monoisotopic (exact) mass is 170 g/mol. The maximum atomic E-state index is 4.00. The van der Waals surface area contributed by atoms with Gasteiger partial charge in [-0.25, -0.2) is 0 Å². The molecule has 0 rings (SSSR count). The van der Waals surface area contributed by atoms with Crippen molar-refractivity contribution in [3.63, 3.8) is 0 Å². The zero-order chi connectivity index (χ0) is 2.00. The molecule has 0 aliphatic carbocycles. The van der Waals surface area contributed by atoms with Gasteiger partial charge in [0.1, 0.15) is 0 Å². The number of terminal acetylenes is 1. The molecule has 4 heteroatoms. The summed E-state index contributed by atoms with van der Waals surface area (Å²) in [4.78, 5) is 0. The van der Waals surface area contributed by atoms with E-state index in [-0.39, 0.29) is 49.6 Å². The van der Waals surface area contributed by atoms with Gasteiger partial charge in [0, 0.05) is 0 Å². The molecule has 0 amide bonds. The van der Waals surface area contributed by atoms with Crippen LogP contribution in [0.5, 0.6) is 0 Å². The SMILES string of the molecule is C#C.Cl.Cl.Cl.Cl. The van der Waals surface area contributed by atoms with Gasteiger partial charge in [-0.15, -0.1) is 62.5 Å². The molecule has 0 saturated heterocycles. The van der Waals surface area contributed by atoms with Gasteiger partial charge in [0.15, 0.2) is 0 Å². The molecule has 42 valence electrons. The number of hydrogen-bond acceptors (Lipinski definition) is 0. The topological polar surface area (TPSA) is 0 Å². The molecule has 0 aliphatic heterocycles. The first kappa shape index (κ1) is 74.3. The lowest BCUT2D eigenvalue weighted by molar-refractivity contribution is 3.31. The van der Waals surface area contributed by atoms with Crippen molar-refractivity contribution in [2.75, 3.05) is 0 Å². The fraction of sp³-hybridized carbons (Fsp3) is 0. The number of rotatable bonds is 0. The summed E-state index contributed by atoms with van der Waals surface area (Å²) in [7, 11) is 0. The highest BCUT2D eigenvalue weighted by atomic mass is 35.5.